The van der Waals surface area contributed by atoms with Crippen LogP contribution in [0.3, 0.4) is 0 Å². The van der Waals surface area contributed by atoms with Gasteiger partial charge >= 0.3 is 5.97 Å². The van der Waals surface area contributed by atoms with Gasteiger partial charge in [-0.15, -0.1) is 0 Å². The van der Waals surface area contributed by atoms with Crippen molar-refractivity contribution in [1.82, 2.24) is 4.90 Å². The summed E-state index contributed by atoms with van der Waals surface area (Å²) in [6.45, 7) is 8.16. The highest BCUT2D eigenvalue weighted by atomic mass is 79.9. The highest BCUT2D eigenvalue weighted by Gasteiger charge is 2.28. The maximum atomic E-state index is 11.4. The smallest absolute Gasteiger partial charge is 0.320 e. The van der Waals surface area contributed by atoms with Gasteiger partial charge in [0.15, 0.2) is 0 Å². The molecular weight excluding hydrogens is 330 g/mol. The number of benzene rings is 1. The summed E-state index contributed by atoms with van der Waals surface area (Å²) in [6, 6.07) is 6.08. The van der Waals surface area contributed by atoms with Crippen molar-refractivity contribution in [3.63, 3.8) is 0 Å². The molecular formula is C17H24BrNO2. The van der Waals surface area contributed by atoms with Crippen LogP contribution in [0.25, 0.3) is 0 Å². The quantitative estimate of drug-likeness (QED) is 0.885. The number of piperidine rings is 1. The zero-order valence-corrected chi connectivity index (χ0v) is 14.6. The van der Waals surface area contributed by atoms with Gasteiger partial charge in [-0.05, 0) is 42.0 Å². The second-order valence-corrected chi connectivity index (χ2v) is 7.74. The number of halogens is 1. The SMILES string of the molecule is CC(C)(C)c1ccc(CN2CCCC[C@H]2C(=O)O)cc1Br. The number of hydrogen-bond donors (Lipinski definition) is 1. The largest absolute Gasteiger partial charge is 0.480 e. The van der Waals surface area contributed by atoms with Gasteiger partial charge in [0.1, 0.15) is 6.04 Å². The Morgan fingerprint density at radius 3 is 2.67 bits per heavy atom. The average molecular weight is 354 g/mol. The molecule has 1 saturated heterocycles. The molecule has 1 atom stereocenters. The van der Waals surface area contributed by atoms with Crippen molar-refractivity contribution in [2.45, 2.75) is 58.0 Å². The molecule has 1 heterocycles. The second-order valence-electron chi connectivity index (χ2n) is 6.88. The monoisotopic (exact) mass is 353 g/mol. The first-order valence-electron chi connectivity index (χ1n) is 7.55. The van der Waals surface area contributed by atoms with Gasteiger partial charge in [-0.2, -0.15) is 0 Å². The molecule has 21 heavy (non-hydrogen) atoms. The summed E-state index contributed by atoms with van der Waals surface area (Å²) in [6.07, 6.45) is 2.86. The van der Waals surface area contributed by atoms with Gasteiger partial charge in [-0.3, -0.25) is 9.69 Å². The maximum Gasteiger partial charge on any atom is 0.320 e. The molecule has 1 aromatic rings. The number of carbonyl (C=O) groups is 1. The minimum atomic E-state index is -0.694. The summed E-state index contributed by atoms with van der Waals surface area (Å²) in [4.78, 5) is 13.4. The lowest BCUT2D eigenvalue weighted by Gasteiger charge is -2.33. The van der Waals surface area contributed by atoms with Gasteiger partial charge in [0.05, 0.1) is 0 Å². The molecule has 0 aliphatic carbocycles. The summed E-state index contributed by atoms with van der Waals surface area (Å²) >= 11 is 3.66. The van der Waals surface area contributed by atoms with E-state index in [0.717, 1.165) is 30.3 Å². The molecule has 0 spiro atoms. The van der Waals surface area contributed by atoms with Crippen LogP contribution >= 0.6 is 15.9 Å². The molecule has 1 aliphatic heterocycles. The summed E-state index contributed by atoms with van der Waals surface area (Å²) in [7, 11) is 0. The van der Waals surface area contributed by atoms with Crippen LogP contribution in [-0.4, -0.2) is 28.6 Å². The molecule has 0 radical (unpaired) electrons. The minimum Gasteiger partial charge on any atom is -0.480 e. The first-order valence-corrected chi connectivity index (χ1v) is 8.34. The minimum absolute atomic E-state index is 0.103. The third kappa shape index (κ3) is 4.07. The van der Waals surface area contributed by atoms with Crippen molar-refractivity contribution in [1.29, 1.82) is 0 Å². The summed E-state index contributed by atoms with van der Waals surface area (Å²) < 4.78 is 1.11. The van der Waals surface area contributed by atoms with Crippen LogP contribution in [0.4, 0.5) is 0 Å². The Kier molecular flexibility index (Phi) is 5.10. The third-order valence-electron chi connectivity index (χ3n) is 4.13. The van der Waals surface area contributed by atoms with E-state index in [1.54, 1.807) is 0 Å². The first-order chi connectivity index (χ1) is 9.79. The Labute approximate surface area is 135 Å². The van der Waals surface area contributed by atoms with E-state index in [0.29, 0.717) is 6.54 Å². The highest BCUT2D eigenvalue weighted by Crippen LogP contribution is 2.31. The molecule has 3 nitrogen and oxygen atoms in total. The summed E-state index contributed by atoms with van der Waals surface area (Å²) in [5.74, 6) is -0.694. The van der Waals surface area contributed by atoms with E-state index in [2.05, 4.69) is 59.8 Å². The van der Waals surface area contributed by atoms with E-state index in [9.17, 15) is 9.90 Å². The van der Waals surface area contributed by atoms with E-state index in [-0.39, 0.29) is 11.5 Å². The van der Waals surface area contributed by atoms with Gasteiger partial charge in [0.2, 0.25) is 0 Å². The van der Waals surface area contributed by atoms with Gasteiger partial charge in [0.25, 0.3) is 0 Å². The zero-order valence-electron chi connectivity index (χ0n) is 13.0. The Hall–Kier alpha value is -0.870. The van der Waals surface area contributed by atoms with Crippen LogP contribution in [0.15, 0.2) is 22.7 Å². The lowest BCUT2D eigenvalue weighted by molar-refractivity contribution is -0.144. The molecule has 4 heteroatoms. The lowest BCUT2D eigenvalue weighted by Crippen LogP contribution is -2.44. The van der Waals surface area contributed by atoms with Crippen LogP contribution < -0.4 is 0 Å². The Bertz CT molecular complexity index is 522. The second kappa shape index (κ2) is 6.49. The van der Waals surface area contributed by atoms with Crippen LogP contribution in [0.5, 0.6) is 0 Å². The van der Waals surface area contributed by atoms with Gasteiger partial charge in [-0.1, -0.05) is 55.3 Å². The Morgan fingerprint density at radius 2 is 2.10 bits per heavy atom. The number of nitrogens with zero attached hydrogens (tertiary/aromatic N) is 1. The number of rotatable bonds is 3. The summed E-state index contributed by atoms with van der Waals surface area (Å²) in [5.41, 5.74) is 2.55. The zero-order chi connectivity index (χ0) is 15.6. The first kappa shape index (κ1) is 16.5. The Balaban J connectivity index is 2.16. The van der Waals surface area contributed by atoms with Crippen LogP contribution in [0.1, 0.15) is 51.2 Å². The molecule has 0 saturated carbocycles. The van der Waals surface area contributed by atoms with Crippen molar-refractivity contribution < 1.29 is 9.90 Å². The van der Waals surface area contributed by atoms with Crippen molar-refractivity contribution in [3.05, 3.63) is 33.8 Å². The number of hydrogen-bond acceptors (Lipinski definition) is 2. The fourth-order valence-corrected chi connectivity index (χ4v) is 3.98. The number of aliphatic carboxylic acids is 1. The molecule has 0 amide bonds. The fraction of sp³-hybridized carbons (Fsp3) is 0.588. The summed E-state index contributed by atoms with van der Waals surface area (Å²) in [5, 5.41) is 9.34. The van der Waals surface area contributed by atoms with Gasteiger partial charge in [-0.25, -0.2) is 0 Å². The van der Waals surface area contributed by atoms with Crippen molar-refractivity contribution in [2.24, 2.45) is 0 Å². The molecule has 0 unspecified atom stereocenters. The van der Waals surface area contributed by atoms with Crippen LogP contribution in [0, 0.1) is 0 Å². The topological polar surface area (TPSA) is 40.5 Å². The Morgan fingerprint density at radius 1 is 1.38 bits per heavy atom. The van der Waals surface area contributed by atoms with Crippen molar-refractivity contribution >= 4 is 21.9 Å². The van der Waals surface area contributed by atoms with E-state index in [1.807, 2.05) is 0 Å². The van der Waals surface area contributed by atoms with E-state index >= 15 is 0 Å². The molecule has 0 bridgehead atoms. The maximum absolute atomic E-state index is 11.4. The predicted octanol–water partition coefficient (Wildman–Crippen LogP) is 4.19. The van der Waals surface area contributed by atoms with Crippen molar-refractivity contribution in [2.75, 3.05) is 6.54 Å². The predicted molar refractivity (Wildman–Crippen MR) is 88.5 cm³/mol. The molecule has 0 aromatic heterocycles. The average Bonchev–Trinajstić information content (AvgIpc) is 2.37. The molecule has 116 valence electrons. The van der Waals surface area contributed by atoms with Crippen LogP contribution in [0.2, 0.25) is 0 Å². The molecule has 1 fully saturated rings. The highest BCUT2D eigenvalue weighted by molar-refractivity contribution is 9.10. The third-order valence-corrected chi connectivity index (χ3v) is 4.78. The van der Waals surface area contributed by atoms with Crippen molar-refractivity contribution in [3.8, 4) is 0 Å². The number of carboxylic acids is 1. The van der Waals surface area contributed by atoms with Crippen LogP contribution in [-0.2, 0) is 16.8 Å². The van der Waals surface area contributed by atoms with Gasteiger partial charge < -0.3 is 5.11 Å². The fourth-order valence-electron chi connectivity index (χ4n) is 2.96. The standard InChI is InChI=1S/C17H24BrNO2/c1-17(2,3)13-8-7-12(10-14(13)18)11-19-9-5-4-6-15(19)16(20)21/h7-8,10,15H,4-6,9,11H2,1-3H3,(H,20,21)/t15-/m0/s1. The molecule has 2 rings (SSSR count). The lowest BCUT2D eigenvalue weighted by atomic mass is 9.86. The van der Waals surface area contributed by atoms with E-state index < -0.39 is 5.97 Å². The molecule has 1 aromatic carbocycles. The number of likely N-dealkylation sites (tertiary alicyclic amines) is 1. The van der Waals surface area contributed by atoms with Gasteiger partial charge in [0, 0.05) is 11.0 Å². The van der Waals surface area contributed by atoms with E-state index in [1.165, 1.54) is 11.1 Å². The molecule has 1 aliphatic rings. The van der Waals surface area contributed by atoms with E-state index in [4.69, 9.17) is 0 Å². The normalized spacial score (nSPS) is 20.5. The molecule has 1 N–H and O–H groups in total. The number of carboxylic acid groups (broad SMARTS) is 1.